The minimum absolute atomic E-state index is 0.0570. The van der Waals surface area contributed by atoms with E-state index < -0.39 is 11.7 Å². The van der Waals surface area contributed by atoms with Gasteiger partial charge in [0, 0.05) is 30.1 Å². The molecule has 0 bridgehead atoms. The number of alkyl halides is 3. The average Bonchev–Trinajstić information content (AvgIpc) is 2.40. The lowest BCUT2D eigenvalue weighted by Crippen LogP contribution is -2.52. The van der Waals surface area contributed by atoms with E-state index in [-0.39, 0.29) is 17.5 Å². The smallest absolute Gasteiger partial charge is 0.336 e. The van der Waals surface area contributed by atoms with Crippen molar-refractivity contribution in [2.75, 3.05) is 26.7 Å². The minimum atomic E-state index is -4.45. The molecule has 0 aliphatic carbocycles. The lowest BCUT2D eigenvalue weighted by atomic mass is 10.1. The summed E-state index contributed by atoms with van der Waals surface area (Å²) in [7, 11) is 1.96. The maximum absolute atomic E-state index is 12.8. The van der Waals surface area contributed by atoms with Crippen LogP contribution in [0.1, 0.15) is 22.8 Å². The first-order valence-corrected chi connectivity index (χ1v) is 7.35. The Labute approximate surface area is 129 Å². The fraction of sp³-hybridized carbons (Fsp3) is 0.500. The van der Waals surface area contributed by atoms with Crippen LogP contribution in [0.15, 0.2) is 22.7 Å². The molecule has 2 rings (SSSR count). The van der Waals surface area contributed by atoms with E-state index in [9.17, 15) is 18.0 Å². The molecular weight excluding hydrogens is 349 g/mol. The zero-order chi connectivity index (χ0) is 15.8. The minimum Gasteiger partial charge on any atom is -0.336 e. The third kappa shape index (κ3) is 3.58. The summed E-state index contributed by atoms with van der Waals surface area (Å²) in [6, 6.07) is 3.34. The number of hydrogen-bond acceptors (Lipinski definition) is 2. The Morgan fingerprint density at radius 2 is 2.00 bits per heavy atom. The molecule has 0 radical (unpaired) electrons. The van der Waals surface area contributed by atoms with Crippen molar-refractivity contribution >= 4 is 21.8 Å². The average molecular weight is 365 g/mol. The molecule has 1 unspecified atom stereocenters. The van der Waals surface area contributed by atoms with Crippen molar-refractivity contribution in [2.45, 2.75) is 19.1 Å². The summed E-state index contributed by atoms with van der Waals surface area (Å²) in [6.45, 7) is 3.73. The number of amides is 1. The standard InChI is InChI=1S/C14H16BrF3N2O/c1-9-8-20(6-5-19(9)2)13(21)11-7-10(14(16,17)18)3-4-12(11)15/h3-4,7,9H,5-6,8H2,1-2H3. The summed E-state index contributed by atoms with van der Waals surface area (Å²) in [4.78, 5) is 16.2. The number of carbonyl (C=O) groups excluding carboxylic acids is 1. The van der Waals surface area contributed by atoms with Gasteiger partial charge in [-0.15, -0.1) is 0 Å². The first-order chi connectivity index (χ1) is 9.70. The van der Waals surface area contributed by atoms with Crippen LogP contribution in [0.5, 0.6) is 0 Å². The lowest BCUT2D eigenvalue weighted by Gasteiger charge is -2.37. The number of hydrogen-bond donors (Lipinski definition) is 0. The molecule has 1 aliphatic heterocycles. The summed E-state index contributed by atoms with van der Waals surface area (Å²) >= 11 is 3.17. The molecule has 116 valence electrons. The van der Waals surface area contributed by atoms with E-state index in [4.69, 9.17) is 0 Å². The van der Waals surface area contributed by atoms with Gasteiger partial charge in [0.1, 0.15) is 0 Å². The molecule has 1 aromatic rings. The predicted molar refractivity (Wildman–Crippen MR) is 77.1 cm³/mol. The second-order valence-corrected chi connectivity index (χ2v) is 6.13. The third-order valence-electron chi connectivity index (χ3n) is 3.77. The molecule has 0 N–H and O–H groups in total. The fourth-order valence-corrected chi connectivity index (χ4v) is 2.68. The summed E-state index contributed by atoms with van der Waals surface area (Å²) in [6.07, 6.45) is -4.45. The van der Waals surface area contributed by atoms with Crippen LogP contribution in [0, 0.1) is 0 Å². The quantitative estimate of drug-likeness (QED) is 0.763. The second kappa shape index (κ2) is 5.96. The summed E-state index contributed by atoms with van der Waals surface area (Å²) in [5.41, 5.74) is -0.752. The van der Waals surface area contributed by atoms with Crippen molar-refractivity contribution in [2.24, 2.45) is 0 Å². The van der Waals surface area contributed by atoms with Gasteiger partial charge in [-0.05, 0) is 48.1 Å². The van der Waals surface area contributed by atoms with Gasteiger partial charge in [-0.25, -0.2) is 0 Å². The largest absolute Gasteiger partial charge is 0.416 e. The molecule has 1 saturated heterocycles. The first-order valence-electron chi connectivity index (χ1n) is 6.56. The van der Waals surface area contributed by atoms with E-state index >= 15 is 0 Å². The number of benzene rings is 1. The Kier molecular flexibility index (Phi) is 4.63. The van der Waals surface area contributed by atoms with E-state index in [2.05, 4.69) is 20.8 Å². The molecule has 0 aromatic heterocycles. The van der Waals surface area contributed by atoms with Gasteiger partial charge in [-0.3, -0.25) is 4.79 Å². The lowest BCUT2D eigenvalue weighted by molar-refractivity contribution is -0.137. The van der Waals surface area contributed by atoms with Crippen LogP contribution in [0.25, 0.3) is 0 Å². The Balaban J connectivity index is 2.27. The summed E-state index contributed by atoms with van der Waals surface area (Å²) < 4.78 is 38.7. The topological polar surface area (TPSA) is 23.6 Å². The summed E-state index contributed by atoms with van der Waals surface area (Å²) in [5, 5.41) is 0. The Bertz CT molecular complexity index is 548. The van der Waals surface area contributed by atoms with Gasteiger partial charge in [-0.1, -0.05) is 0 Å². The van der Waals surface area contributed by atoms with Crippen molar-refractivity contribution in [1.29, 1.82) is 0 Å². The zero-order valence-corrected chi connectivity index (χ0v) is 13.3. The van der Waals surface area contributed by atoms with Crippen molar-refractivity contribution < 1.29 is 18.0 Å². The second-order valence-electron chi connectivity index (χ2n) is 5.27. The number of likely N-dealkylation sites (N-methyl/N-ethyl adjacent to an activating group) is 1. The van der Waals surface area contributed by atoms with Gasteiger partial charge >= 0.3 is 6.18 Å². The highest BCUT2D eigenvalue weighted by atomic mass is 79.9. The van der Waals surface area contributed by atoms with E-state index in [0.29, 0.717) is 24.1 Å². The van der Waals surface area contributed by atoms with Crippen LogP contribution in [0.3, 0.4) is 0 Å². The van der Waals surface area contributed by atoms with Gasteiger partial charge in [0.25, 0.3) is 5.91 Å². The molecule has 0 saturated carbocycles. The Morgan fingerprint density at radius 1 is 1.33 bits per heavy atom. The SMILES string of the molecule is CC1CN(C(=O)c2cc(C(F)(F)F)ccc2Br)CCN1C. The maximum atomic E-state index is 12.8. The maximum Gasteiger partial charge on any atom is 0.416 e. The number of piperazine rings is 1. The molecule has 1 aliphatic rings. The molecule has 1 aromatic carbocycles. The van der Waals surface area contributed by atoms with Crippen LogP contribution in [0.4, 0.5) is 13.2 Å². The van der Waals surface area contributed by atoms with Crippen LogP contribution < -0.4 is 0 Å². The van der Waals surface area contributed by atoms with Gasteiger partial charge in [-0.2, -0.15) is 13.2 Å². The van der Waals surface area contributed by atoms with E-state index in [0.717, 1.165) is 12.1 Å². The molecule has 1 fully saturated rings. The molecule has 0 spiro atoms. The Morgan fingerprint density at radius 3 is 2.57 bits per heavy atom. The van der Waals surface area contributed by atoms with Gasteiger partial charge in [0.2, 0.25) is 0 Å². The van der Waals surface area contributed by atoms with Gasteiger partial charge in [0.05, 0.1) is 11.1 Å². The zero-order valence-electron chi connectivity index (χ0n) is 11.7. The van der Waals surface area contributed by atoms with Crippen molar-refractivity contribution in [3.8, 4) is 0 Å². The normalized spacial score (nSPS) is 20.7. The monoisotopic (exact) mass is 364 g/mol. The van der Waals surface area contributed by atoms with E-state index in [1.54, 1.807) is 4.90 Å². The third-order valence-corrected chi connectivity index (χ3v) is 4.46. The number of halogens is 4. The number of rotatable bonds is 1. The van der Waals surface area contributed by atoms with Crippen LogP contribution in [-0.2, 0) is 6.18 Å². The molecule has 1 atom stereocenters. The van der Waals surface area contributed by atoms with Crippen LogP contribution in [0.2, 0.25) is 0 Å². The van der Waals surface area contributed by atoms with Crippen molar-refractivity contribution in [3.63, 3.8) is 0 Å². The van der Waals surface area contributed by atoms with Crippen LogP contribution >= 0.6 is 15.9 Å². The Hall–Kier alpha value is -1.08. The highest BCUT2D eigenvalue weighted by molar-refractivity contribution is 9.10. The highest BCUT2D eigenvalue weighted by Crippen LogP contribution is 2.32. The predicted octanol–water partition coefficient (Wildman–Crippen LogP) is 3.24. The highest BCUT2D eigenvalue weighted by Gasteiger charge is 2.33. The molecular formula is C14H16BrF3N2O. The molecule has 1 amide bonds. The molecule has 21 heavy (non-hydrogen) atoms. The first kappa shape index (κ1) is 16.3. The fourth-order valence-electron chi connectivity index (χ4n) is 2.27. The summed E-state index contributed by atoms with van der Waals surface area (Å²) in [5.74, 6) is -0.368. The molecule has 3 nitrogen and oxygen atoms in total. The number of nitrogens with zero attached hydrogens (tertiary/aromatic N) is 2. The van der Waals surface area contributed by atoms with Gasteiger partial charge in [0.15, 0.2) is 0 Å². The molecule has 1 heterocycles. The van der Waals surface area contributed by atoms with Crippen LogP contribution in [-0.4, -0.2) is 48.4 Å². The molecule has 7 heteroatoms. The van der Waals surface area contributed by atoms with E-state index in [1.165, 1.54) is 6.07 Å². The van der Waals surface area contributed by atoms with E-state index in [1.807, 2.05) is 14.0 Å². The number of carbonyl (C=O) groups is 1. The van der Waals surface area contributed by atoms with Crippen molar-refractivity contribution in [3.05, 3.63) is 33.8 Å². The van der Waals surface area contributed by atoms with Crippen molar-refractivity contribution in [1.82, 2.24) is 9.80 Å². The van der Waals surface area contributed by atoms with Gasteiger partial charge < -0.3 is 9.80 Å².